The molecule has 0 saturated carbocycles. The second-order valence-corrected chi connectivity index (χ2v) is 9.88. The van der Waals surface area contributed by atoms with Gasteiger partial charge in [0, 0.05) is 17.7 Å². The van der Waals surface area contributed by atoms with E-state index in [9.17, 15) is 34.8 Å². The van der Waals surface area contributed by atoms with Crippen LogP contribution in [-0.4, -0.2) is 44.1 Å². The van der Waals surface area contributed by atoms with Crippen LogP contribution < -0.4 is 15.5 Å². The third kappa shape index (κ3) is 6.43. The molecule has 0 unspecified atom stereocenters. The summed E-state index contributed by atoms with van der Waals surface area (Å²) in [6.45, 7) is 8.61. The third-order valence-electron chi connectivity index (χ3n) is 5.04. The Hall–Kier alpha value is -4.41. The molecule has 1 aromatic heterocycles. The summed E-state index contributed by atoms with van der Waals surface area (Å²) in [7, 11) is 0. The van der Waals surface area contributed by atoms with Gasteiger partial charge >= 0.3 is 12.1 Å². The van der Waals surface area contributed by atoms with Crippen molar-refractivity contribution in [3.05, 3.63) is 40.6 Å². The van der Waals surface area contributed by atoms with Crippen LogP contribution in [0.15, 0.2) is 39.5 Å². The van der Waals surface area contributed by atoms with Gasteiger partial charge < -0.3 is 39.6 Å². The SMILES string of the molecule is CC(C)C[C@H](NC(=O)OC(C)(C)C)C(=O)Oc1c(-c2ccc(O)c(O)c2)oc2cc(O)cc(O)c2c1=O. The molecule has 198 valence electrons. The second kappa shape index (κ2) is 10.3. The zero-order chi connectivity index (χ0) is 27.7. The summed E-state index contributed by atoms with van der Waals surface area (Å²) in [6.07, 6.45) is -0.719. The van der Waals surface area contributed by atoms with E-state index in [-0.39, 0.29) is 34.6 Å². The molecule has 2 aromatic carbocycles. The molecule has 0 saturated heterocycles. The Balaban J connectivity index is 2.13. The molecule has 1 amide bonds. The molecule has 1 atom stereocenters. The Morgan fingerprint density at radius 3 is 2.27 bits per heavy atom. The van der Waals surface area contributed by atoms with Gasteiger partial charge in [0.1, 0.15) is 34.1 Å². The van der Waals surface area contributed by atoms with Gasteiger partial charge in [-0.15, -0.1) is 0 Å². The van der Waals surface area contributed by atoms with Crippen LogP contribution in [0, 0.1) is 5.92 Å². The third-order valence-corrected chi connectivity index (χ3v) is 5.04. The number of rotatable bonds is 6. The standard InChI is InChI=1S/C26H29NO10/c1-12(2)8-15(27-25(34)37-26(3,4)5)24(33)36-23-21(32)20-18(31)10-14(28)11-19(20)35-22(23)13-6-7-16(29)17(30)9-13/h6-7,9-12,15,28-31H,8H2,1-5H3,(H,27,34)/t15-/m0/s1. The molecule has 0 bridgehead atoms. The number of carbonyl (C=O) groups is 2. The van der Waals surface area contributed by atoms with E-state index in [0.717, 1.165) is 24.3 Å². The highest BCUT2D eigenvalue weighted by molar-refractivity contribution is 5.90. The molecule has 0 aliphatic heterocycles. The molecule has 3 aromatic rings. The van der Waals surface area contributed by atoms with Crippen molar-refractivity contribution in [3.8, 4) is 40.1 Å². The summed E-state index contributed by atoms with van der Waals surface area (Å²) in [5.41, 5.74) is -1.96. The molecule has 3 rings (SSSR count). The van der Waals surface area contributed by atoms with E-state index >= 15 is 0 Å². The van der Waals surface area contributed by atoms with Crippen molar-refractivity contribution in [2.75, 3.05) is 0 Å². The van der Waals surface area contributed by atoms with Gasteiger partial charge in [-0.1, -0.05) is 13.8 Å². The fourth-order valence-electron chi connectivity index (χ4n) is 3.52. The topological polar surface area (TPSA) is 176 Å². The van der Waals surface area contributed by atoms with Gasteiger partial charge in [0.25, 0.3) is 0 Å². The van der Waals surface area contributed by atoms with E-state index in [1.165, 1.54) is 6.07 Å². The molecule has 0 radical (unpaired) electrons. The van der Waals surface area contributed by atoms with E-state index in [4.69, 9.17) is 13.9 Å². The van der Waals surface area contributed by atoms with E-state index < -0.39 is 57.9 Å². The number of alkyl carbamates (subject to hydrolysis) is 1. The summed E-state index contributed by atoms with van der Waals surface area (Å²) in [6, 6.07) is 4.29. The zero-order valence-electron chi connectivity index (χ0n) is 21.0. The van der Waals surface area contributed by atoms with Crippen molar-refractivity contribution >= 4 is 23.0 Å². The summed E-state index contributed by atoms with van der Waals surface area (Å²) in [5, 5.41) is 41.9. The van der Waals surface area contributed by atoms with Crippen LogP contribution in [0.1, 0.15) is 41.0 Å². The maximum Gasteiger partial charge on any atom is 0.408 e. The van der Waals surface area contributed by atoms with Crippen molar-refractivity contribution < 1.29 is 43.9 Å². The molecule has 0 aliphatic rings. The highest BCUT2D eigenvalue weighted by Crippen LogP contribution is 2.38. The predicted octanol–water partition coefficient (Wildman–Crippen LogP) is 4.13. The smallest absolute Gasteiger partial charge is 0.408 e. The van der Waals surface area contributed by atoms with Gasteiger partial charge in [-0.25, -0.2) is 9.59 Å². The van der Waals surface area contributed by atoms with E-state index in [1.54, 1.807) is 20.8 Å². The Morgan fingerprint density at radius 2 is 1.68 bits per heavy atom. The lowest BCUT2D eigenvalue weighted by Crippen LogP contribution is -2.46. The first-order valence-corrected chi connectivity index (χ1v) is 11.4. The number of aromatic hydroxyl groups is 4. The maximum atomic E-state index is 13.4. The number of ether oxygens (including phenoxy) is 2. The molecule has 0 aliphatic carbocycles. The van der Waals surface area contributed by atoms with Crippen LogP contribution in [-0.2, 0) is 9.53 Å². The van der Waals surface area contributed by atoms with Crippen LogP contribution in [0.2, 0.25) is 0 Å². The van der Waals surface area contributed by atoms with Crippen LogP contribution in [0.3, 0.4) is 0 Å². The number of benzene rings is 2. The van der Waals surface area contributed by atoms with Crippen LogP contribution in [0.5, 0.6) is 28.7 Å². The Bertz CT molecular complexity index is 1400. The Labute approximate surface area is 211 Å². The first-order valence-electron chi connectivity index (χ1n) is 11.4. The van der Waals surface area contributed by atoms with Crippen molar-refractivity contribution in [2.45, 2.75) is 52.7 Å². The fourth-order valence-corrected chi connectivity index (χ4v) is 3.52. The minimum atomic E-state index is -1.21. The number of nitrogens with one attached hydrogen (secondary N) is 1. The van der Waals surface area contributed by atoms with Gasteiger partial charge in [0.05, 0.1) is 0 Å². The average molecular weight is 516 g/mol. The lowest BCUT2D eigenvalue weighted by atomic mass is 10.0. The van der Waals surface area contributed by atoms with Crippen molar-refractivity contribution in [1.29, 1.82) is 0 Å². The number of fused-ring (bicyclic) bond motifs is 1. The van der Waals surface area contributed by atoms with E-state index in [0.29, 0.717) is 0 Å². The van der Waals surface area contributed by atoms with Gasteiger partial charge in [-0.2, -0.15) is 0 Å². The second-order valence-electron chi connectivity index (χ2n) is 9.88. The molecule has 37 heavy (non-hydrogen) atoms. The lowest BCUT2D eigenvalue weighted by molar-refractivity contribution is -0.137. The van der Waals surface area contributed by atoms with Crippen molar-refractivity contribution in [1.82, 2.24) is 5.32 Å². The Morgan fingerprint density at radius 1 is 1.00 bits per heavy atom. The summed E-state index contributed by atoms with van der Waals surface area (Å²) in [5.74, 6) is -4.03. The Kier molecular flexibility index (Phi) is 7.56. The number of carbonyl (C=O) groups excluding carboxylic acids is 2. The summed E-state index contributed by atoms with van der Waals surface area (Å²) in [4.78, 5) is 39.0. The minimum Gasteiger partial charge on any atom is -0.508 e. The fraction of sp³-hybridized carbons (Fsp3) is 0.346. The highest BCUT2D eigenvalue weighted by atomic mass is 16.6. The monoisotopic (exact) mass is 515 g/mol. The molecule has 5 N–H and O–H groups in total. The molecular formula is C26H29NO10. The average Bonchev–Trinajstić information content (AvgIpc) is 2.74. The van der Waals surface area contributed by atoms with E-state index in [2.05, 4.69) is 5.32 Å². The highest BCUT2D eigenvalue weighted by Gasteiger charge is 2.30. The number of amides is 1. The first-order chi connectivity index (χ1) is 17.2. The quantitative estimate of drug-likeness (QED) is 0.237. The van der Waals surface area contributed by atoms with Crippen LogP contribution in [0.4, 0.5) is 4.79 Å². The molecule has 1 heterocycles. The van der Waals surface area contributed by atoms with Crippen molar-refractivity contribution in [3.63, 3.8) is 0 Å². The number of hydrogen-bond acceptors (Lipinski definition) is 10. The molecule has 0 fully saturated rings. The number of hydrogen-bond donors (Lipinski definition) is 5. The van der Waals surface area contributed by atoms with Crippen LogP contribution in [0.25, 0.3) is 22.3 Å². The molecular weight excluding hydrogens is 486 g/mol. The summed E-state index contributed by atoms with van der Waals surface area (Å²) >= 11 is 0. The molecule has 0 spiro atoms. The largest absolute Gasteiger partial charge is 0.508 e. The predicted molar refractivity (Wildman–Crippen MR) is 133 cm³/mol. The van der Waals surface area contributed by atoms with Gasteiger partial charge in [-0.05, 0) is 51.3 Å². The van der Waals surface area contributed by atoms with Crippen LogP contribution >= 0.6 is 0 Å². The zero-order valence-corrected chi connectivity index (χ0v) is 21.0. The molecule has 11 nitrogen and oxygen atoms in total. The first kappa shape index (κ1) is 27.2. The van der Waals surface area contributed by atoms with Gasteiger partial charge in [0.15, 0.2) is 17.3 Å². The maximum absolute atomic E-state index is 13.4. The normalized spacial score (nSPS) is 12.4. The minimum absolute atomic E-state index is 0.0421. The van der Waals surface area contributed by atoms with E-state index in [1.807, 2.05) is 13.8 Å². The number of phenolic OH excluding ortho intramolecular Hbond substituents is 4. The van der Waals surface area contributed by atoms with Gasteiger partial charge in [0.2, 0.25) is 11.2 Å². The van der Waals surface area contributed by atoms with Gasteiger partial charge in [-0.3, -0.25) is 4.79 Å². The number of phenols is 4. The lowest BCUT2D eigenvalue weighted by Gasteiger charge is -2.23. The summed E-state index contributed by atoms with van der Waals surface area (Å²) < 4.78 is 16.4. The molecule has 11 heteroatoms. The van der Waals surface area contributed by atoms with Crippen molar-refractivity contribution in [2.24, 2.45) is 5.92 Å². The number of esters is 1.